The molecule has 3 rings (SSSR count). The first kappa shape index (κ1) is 18.2. The summed E-state index contributed by atoms with van der Waals surface area (Å²) < 4.78 is 10.8. The molecule has 0 aliphatic heterocycles. The van der Waals surface area contributed by atoms with E-state index < -0.39 is 0 Å². The summed E-state index contributed by atoms with van der Waals surface area (Å²) in [5.41, 5.74) is 1.97. The van der Waals surface area contributed by atoms with E-state index in [2.05, 4.69) is 0 Å². The van der Waals surface area contributed by atoms with Crippen LogP contribution in [0.2, 0.25) is 0 Å². The van der Waals surface area contributed by atoms with E-state index in [1.54, 1.807) is 0 Å². The summed E-state index contributed by atoms with van der Waals surface area (Å²) in [6.45, 7) is 0.609. The molecule has 1 aliphatic rings. The van der Waals surface area contributed by atoms with Gasteiger partial charge in [0.15, 0.2) is 0 Å². The Labute approximate surface area is 154 Å². The van der Waals surface area contributed by atoms with Crippen molar-refractivity contribution < 1.29 is 19.1 Å². The molecule has 1 saturated carbocycles. The van der Waals surface area contributed by atoms with Crippen LogP contribution >= 0.6 is 0 Å². The van der Waals surface area contributed by atoms with Gasteiger partial charge >= 0.3 is 11.9 Å². The van der Waals surface area contributed by atoms with Gasteiger partial charge in [-0.1, -0.05) is 60.7 Å². The lowest BCUT2D eigenvalue weighted by molar-refractivity contribution is -0.156. The summed E-state index contributed by atoms with van der Waals surface area (Å²) in [6.07, 6.45) is 2.72. The molecule has 0 saturated heterocycles. The Morgan fingerprint density at radius 3 is 1.35 bits per heavy atom. The van der Waals surface area contributed by atoms with E-state index in [4.69, 9.17) is 9.47 Å². The van der Waals surface area contributed by atoms with Crippen molar-refractivity contribution in [1.29, 1.82) is 0 Å². The van der Waals surface area contributed by atoms with Crippen molar-refractivity contribution in [3.05, 3.63) is 71.8 Å². The first-order valence-electron chi connectivity index (χ1n) is 9.13. The minimum atomic E-state index is -0.162. The van der Waals surface area contributed by atoms with Crippen LogP contribution in [0, 0.1) is 11.8 Å². The number of rotatable bonds is 6. The standard InChI is InChI=1S/C22H24O4/c23-21(25-15-17-7-3-1-4-8-17)19-11-13-20(14-12-19)22(24)26-16-18-9-5-2-6-10-18/h1-10,19-20H,11-16H2/t19-,20-. The highest BCUT2D eigenvalue weighted by molar-refractivity contribution is 5.75. The van der Waals surface area contributed by atoms with Gasteiger partial charge in [0.2, 0.25) is 0 Å². The van der Waals surface area contributed by atoms with Gasteiger partial charge < -0.3 is 9.47 Å². The third kappa shape index (κ3) is 5.19. The van der Waals surface area contributed by atoms with E-state index in [-0.39, 0.29) is 23.8 Å². The molecule has 4 nitrogen and oxygen atoms in total. The SMILES string of the molecule is O=C(OCc1ccccc1)[C@H]1CC[C@H](C(=O)OCc2ccccc2)CC1. The second kappa shape index (κ2) is 9.18. The van der Waals surface area contributed by atoms with E-state index in [0.29, 0.717) is 38.9 Å². The van der Waals surface area contributed by atoms with Crippen LogP contribution in [0.4, 0.5) is 0 Å². The third-order valence-corrected chi connectivity index (χ3v) is 4.84. The van der Waals surface area contributed by atoms with Gasteiger partial charge in [0.05, 0.1) is 11.8 Å². The van der Waals surface area contributed by atoms with E-state index in [1.807, 2.05) is 60.7 Å². The highest BCUT2D eigenvalue weighted by atomic mass is 16.5. The first-order valence-corrected chi connectivity index (χ1v) is 9.13. The smallest absolute Gasteiger partial charge is 0.309 e. The van der Waals surface area contributed by atoms with E-state index in [1.165, 1.54) is 0 Å². The number of hydrogen-bond acceptors (Lipinski definition) is 4. The fourth-order valence-corrected chi connectivity index (χ4v) is 3.26. The zero-order valence-corrected chi connectivity index (χ0v) is 14.8. The van der Waals surface area contributed by atoms with Gasteiger partial charge in [0, 0.05) is 0 Å². The molecule has 2 aromatic rings. The third-order valence-electron chi connectivity index (χ3n) is 4.84. The molecule has 0 radical (unpaired) electrons. The van der Waals surface area contributed by atoms with Crippen LogP contribution in [0.1, 0.15) is 36.8 Å². The van der Waals surface area contributed by atoms with Crippen molar-refractivity contribution in [2.75, 3.05) is 0 Å². The Morgan fingerprint density at radius 1 is 0.654 bits per heavy atom. The Kier molecular flexibility index (Phi) is 6.42. The van der Waals surface area contributed by atoms with Gasteiger partial charge in [-0.2, -0.15) is 0 Å². The minimum Gasteiger partial charge on any atom is -0.461 e. The number of carbonyl (C=O) groups excluding carboxylic acids is 2. The zero-order valence-electron chi connectivity index (χ0n) is 14.8. The van der Waals surface area contributed by atoms with Crippen LogP contribution in [0.25, 0.3) is 0 Å². The van der Waals surface area contributed by atoms with Crippen molar-refractivity contribution in [2.45, 2.75) is 38.9 Å². The number of carbonyl (C=O) groups is 2. The topological polar surface area (TPSA) is 52.6 Å². The molecule has 0 atom stereocenters. The number of benzene rings is 2. The molecular formula is C22H24O4. The highest BCUT2D eigenvalue weighted by Crippen LogP contribution is 2.30. The van der Waals surface area contributed by atoms with Gasteiger partial charge in [-0.05, 0) is 36.8 Å². The largest absolute Gasteiger partial charge is 0.461 e. The molecular weight excluding hydrogens is 328 g/mol. The molecule has 1 fully saturated rings. The van der Waals surface area contributed by atoms with Gasteiger partial charge in [0.1, 0.15) is 13.2 Å². The van der Waals surface area contributed by atoms with Gasteiger partial charge in [0.25, 0.3) is 0 Å². The fourth-order valence-electron chi connectivity index (χ4n) is 3.26. The van der Waals surface area contributed by atoms with Crippen molar-refractivity contribution in [1.82, 2.24) is 0 Å². The molecule has 0 bridgehead atoms. The molecule has 0 N–H and O–H groups in total. The summed E-state index contributed by atoms with van der Waals surface area (Å²) in [5, 5.41) is 0. The summed E-state index contributed by atoms with van der Waals surface area (Å²) in [5.74, 6) is -0.552. The molecule has 136 valence electrons. The van der Waals surface area contributed by atoms with Crippen LogP contribution in [-0.4, -0.2) is 11.9 Å². The maximum absolute atomic E-state index is 12.2. The summed E-state index contributed by atoms with van der Waals surface area (Å²) in [7, 11) is 0. The molecule has 26 heavy (non-hydrogen) atoms. The summed E-state index contributed by atoms with van der Waals surface area (Å²) >= 11 is 0. The van der Waals surface area contributed by atoms with Crippen molar-refractivity contribution in [2.24, 2.45) is 11.8 Å². The summed E-state index contributed by atoms with van der Waals surface area (Å²) in [4.78, 5) is 24.4. The average molecular weight is 352 g/mol. The predicted molar refractivity (Wildman–Crippen MR) is 97.9 cm³/mol. The molecule has 1 aliphatic carbocycles. The Morgan fingerprint density at radius 2 is 1.00 bits per heavy atom. The Balaban J connectivity index is 1.39. The minimum absolute atomic E-state index is 0.114. The van der Waals surface area contributed by atoms with Gasteiger partial charge in [-0.3, -0.25) is 9.59 Å². The second-order valence-corrected chi connectivity index (χ2v) is 6.74. The quantitative estimate of drug-likeness (QED) is 0.728. The number of esters is 2. The molecule has 0 heterocycles. The van der Waals surface area contributed by atoms with Crippen LogP contribution < -0.4 is 0 Å². The number of hydrogen-bond donors (Lipinski definition) is 0. The van der Waals surface area contributed by atoms with Crippen LogP contribution in [0.5, 0.6) is 0 Å². The van der Waals surface area contributed by atoms with Gasteiger partial charge in [-0.15, -0.1) is 0 Å². The van der Waals surface area contributed by atoms with E-state index >= 15 is 0 Å². The molecule has 0 spiro atoms. The lowest BCUT2D eigenvalue weighted by Crippen LogP contribution is -2.28. The van der Waals surface area contributed by atoms with Crippen molar-refractivity contribution in [3.63, 3.8) is 0 Å². The van der Waals surface area contributed by atoms with Crippen LogP contribution in [0.15, 0.2) is 60.7 Å². The van der Waals surface area contributed by atoms with Crippen LogP contribution in [0.3, 0.4) is 0 Å². The lowest BCUT2D eigenvalue weighted by atomic mass is 9.82. The maximum atomic E-state index is 12.2. The zero-order chi connectivity index (χ0) is 18.2. The molecule has 0 unspecified atom stereocenters. The van der Waals surface area contributed by atoms with E-state index in [9.17, 15) is 9.59 Å². The Bertz CT molecular complexity index is 640. The summed E-state index contributed by atoms with van der Waals surface area (Å²) in [6, 6.07) is 19.3. The molecule has 0 amide bonds. The average Bonchev–Trinajstić information content (AvgIpc) is 2.72. The fraction of sp³-hybridized carbons (Fsp3) is 0.364. The monoisotopic (exact) mass is 352 g/mol. The highest BCUT2D eigenvalue weighted by Gasteiger charge is 2.31. The molecule has 0 aromatic heterocycles. The van der Waals surface area contributed by atoms with E-state index in [0.717, 1.165) is 11.1 Å². The first-order chi connectivity index (χ1) is 12.7. The maximum Gasteiger partial charge on any atom is 0.309 e. The molecule has 4 heteroatoms. The normalized spacial score (nSPS) is 19.5. The lowest BCUT2D eigenvalue weighted by Gasteiger charge is -2.26. The Hall–Kier alpha value is -2.62. The number of ether oxygens (including phenoxy) is 2. The van der Waals surface area contributed by atoms with Crippen LogP contribution in [-0.2, 0) is 32.3 Å². The van der Waals surface area contributed by atoms with Crippen molar-refractivity contribution >= 4 is 11.9 Å². The molecule has 2 aromatic carbocycles. The van der Waals surface area contributed by atoms with Gasteiger partial charge in [-0.25, -0.2) is 0 Å². The van der Waals surface area contributed by atoms with Crippen molar-refractivity contribution in [3.8, 4) is 0 Å². The second-order valence-electron chi connectivity index (χ2n) is 6.74. The predicted octanol–water partition coefficient (Wildman–Crippen LogP) is 4.28.